The normalized spacial score (nSPS) is 13.1. The first-order valence-electron chi connectivity index (χ1n) is 19.7. The molecule has 1 heterocycles. The third-order valence-corrected chi connectivity index (χ3v) is 12.3. The van der Waals surface area contributed by atoms with E-state index in [1.165, 1.54) is 55.6 Å². The highest BCUT2D eigenvalue weighted by molar-refractivity contribution is 6.12. The van der Waals surface area contributed by atoms with Gasteiger partial charge in [0.25, 0.3) is 0 Å². The average Bonchev–Trinajstić information content (AvgIpc) is 3.91. The van der Waals surface area contributed by atoms with Gasteiger partial charge in [-0.25, -0.2) is 0 Å². The fraction of sp³-hybridized carbons (Fsp3) is 0.0182. The zero-order chi connectivity index (χ0) is 37.5. The molecule has 0 amide bonds. The molecular weight excluding hydrogens is 691 g/mol. The van der Waals surface area contributed by atoms with E-state index in [4.69, 9.17) is 4.42 Å². The monoisotopic (exact) mass is 725 g/mol. The van der Waals surface area contributed by atoms with Gasteiger partial charge in [0.2, 0.25) is 0 Å². The lowest BCUT2D eigenvalue weighted by Gasteiger charge is -2.32. The van der Waals surface area contributed by atoms with Crippen LogP contribution >= 0.6 is 0 Å². The van der Waals surface area contributed by atoms with Crippen LogP contribution in [0.2, 0.25) is 0 Å². The van der Waals surface area contributed by atoms with Crippen LogP contribution in [0.3, 0.4) is 0 Å². The molecule has 0 unspecified atom stereocenters. The first-order valence-corrected chi connectivity index (χ1v) is 19.7. The van der Waals surface area contributed by atoms with Crippen molar-refractivity contribution in [3.8, 4) is 44.5 Å². The summed E-state index contributed by atoms with van der Waals surface area (Å²) in [7, 11) is 0. The number of rotatable bonds is 5. The van der Waals surface area contributed by atoms with E-state index in [1.54, 1.807) is 0 Å². The van der Waals surface area contributed by atoms with Crippen LogP contribution < -0.4 is 4.90 Å². The van der Waals surface area contributed by atoms with Gasteiger partial charge in [-0.1, -0.05) is 170 Å². The maximum atomic E-state index is 6.67. The van der Waals surface area contributed by atoms with Crippen LogP contribution in [-0.2, 0) is 5.41 Å². The average molecular weight is 726 g/mol. The van der Waals surface area contributed by atoms with Gasteiger partial charge in [-0.2, -0.15) is 0 Å². The molecule has 0 radical (unpaired) electrons. The predicted octanol–water partition coefficient (Wildman–Crippen LogP) is 14.7. The van der Waals surface area contributed by atoms with Crippen molar-refractivity contribution >= 4 is 39.0 Å². The van der Waals surface area contributed by atoms with Crippen molar-refractivity contribution in [3.63, 3.8) is 0 Å². The van der Waals surface area contributed by atoms with Gasteiger partial charge in [0.1, 0.15) is 11.2 Å². The summed E-state index contributed by atoms with van der Waals surface area (Å²) in [4.78, 5) is 2.45. The molecule has 1 aromatic heterocycles. The van der Waals surface area contributed by atoms with Crippen molar-refractivity contribution in [2.45, 2.75) is 5.41 Å². The number of anilines is 3. The van der Waals surface area contributed by atoms with Gasteiger partial charge in [-0.3, -0.25) is 0 Å². The fourth-order valence-electron chi connectivity index (χ4n) is 9.90. The first kappa shape index (κ1) is 31.9. The second kappa shape index (κ2) is 12.3. The van der Waals surface area contributed by atoms with Crippen LogP contribution in [0.15, 0.2) is 217 Å². The van der Waals surface area contributed by atoms with E-state index in [0.29, 0.717) is 0 Å². The Morgan fingerprint density at radius 3 is 1.54 bits per heavy atom. The van der Waals surface area contributed by atoms with E-state index in [2.05, 4.69) is 211 Å². The minimum absolute atomic E-state index is 0.452. The van der Waals surface area contributed by atoms with Gasteiger partial charge in [0.15, 0.2) is 0 Å². The van der Waals surface area contributed by atoms with Crippen molar-refractivity contribution in [1.82, 2.24) is 0 Å². The minimum Gasteiger partial charge on any atom is -0.455 e. The zero-order valence-corrected chi connectivity index (χ0v) is 31.1. The minimum atomic E-state index is -0.452. The van der Waals surface area contributed by atoms with Gasteiger partial charge >= 0.3 is 0 Å². The van der Waals surface area contributed by atoms with Gasteiger partial charge in [0, 0.05) is 33.4 Å². The highest BCUT2D eigenvalue weighted by atomic mass is 16.3. The Balaban J connectivity index is 1.16. The fourth-order valence-corrected chi connectivity index (χ4v) is 9.90. The second-order valence-electron chi connectivity index (χ2n) is 15.2. The number of fused-ring (bicyclic) bond motifs is 13. The molecule has 10 aromatic rings. The lowest BCUT2D eigenvalue weighted by Crippen LogP contribution is -2.26. The van der Waals surface area contributed by atoms with E-state index in [-0.39, 0.29) is 0 Å². The highest BCUT2D eigenvalue weighted by Crippen LogP contribution is 2.63. The maximum Gasteiger partial charge on any atom is 0.143 e. The Labute approximate surface area is 331 Å². The summed E-state index contributed by atoms with van der Waals surface area (Å²) < 4.78 is 6.67. The molecule has 0 fully saturated rings. The Morgan fingerprint density at radius 2 is 0.860 bits per heavy atom. The van der Waals surface area contributed by atoms with Crippen LogP contribution in [0.25, 0.3) is 66.4 Å². The van der Waals surface area contributed by atoms with Crippen molar-refractivity contribution in [1.29, 1.82) is 0 Å². The molecule has 0 saturated heterocycles. The van der Waals surface area contributed by atoms with Crippen molar-refractivity contribution < 1.29 is 4.42 Å². The molecule has 2 aliphatic carbocycles. The molecule has 0 atom stereocenters. The molecule has 2 heteroatoms. The standard InChI is InChI=1S/C55H35NO/c1-3-16-36(17-4-1)38-20-15-21-39(32-38)56(41-33-47(37-18-5-2-6-19-37)54-48(34-41)46-25-10-14-29-53(46)57-54)40-30-31-45-44-24-9-13-28-51(44)55(52(45)35-40)49-26-11-7-22-42(49)43-23-8-12-27-50(43)55/h1-35H. The summed E-state index contributed by atoms with van der Waals surface area (Å²) >= 11 is 0. The topological polar surface area (TPSA) is 16.4 Å². The molecule has 12 rings (SSSR count). The van der Waals surface area contributed by atoms with Crippen molar-refractivity contribution in [3.05, 3.63) is 235 Å². The van der Waals surface area contributed by atoms with Crippen LogP contribution in [0.1, 0.15) is 22.3 Å². The van der Waals surface area contributed by atoms with Gasteiger partial charge < -0.3 is 9.32 Å². The Kier molecular flexibility index (Phi) is 6.88. The molecule has 0 aliphatic heterocycles. The summed E-state index contributed by atoms with van der Waals surface area (Å²) in [5.41, 5.74) is 19.6. The molecule has 9 aromatic carbocycles. The smallest absolute Gasteiger partial charge is 0.143 e. The van der Waals surface area contributed by atoms with Crippen LogP contribution in [-0.4, -0.2) is 0 Å². The highest BCUT2D eigenvalue weighted by Gasteiger charge is 2.51. The quantitative estimate of drug-likeness (QED) is 0.176. The van der Waals surface area contributed by atoms with Crippen molar-refractivity contribution in [2.75, 3.05) is 4.90 Å². The molecular formula is C55H35NO. The van der Waals surface area contributed by atoms with E-state index in [1.807, 2.05) is 6.07 Å². The maximum absolute atomic E-state index is 6.67. The van der Waals surface area contributed by atoms with E-state index < -0.39 is 5.41 Å². The predicted molar refractivity (Wildman–Crippen MR) is 236 cm³/mol. The third-order valence-electron chi connectivity index (χ3n) is 12.3. The lowest BCUT2D eigenvalue weighted by atomic mass is 9.70. The first-order chi connectivity index (χ1) is 28.3. The van der Waals surface area contributed by atoms with Crippen LogP contribution in [0, 0.1) is 0 Å². The molecule has 2 aliphatic rings. The summed E-state index contributed by atoms with van der Waals surface area (Å²) in [6.07, 6.45) is 0. The lowest BCUT2D eigenvalue weighted by molar-refractivity contribution is 0.670. The summed E-state index contributed by atoms with van der Waals surface area (Å²) in [5, 5.41) is 2.20. The molecule has 266 valence electrons. The summed E-state index contributed by atoms with van der Waals surface area (Å²) in [6.45, 7) is 0. The van der Waals surface area contributed by atoms with Crippen LogP contribution in [0.4, 0.5) is 17.1 Å². The summed E-state index contributed by atoms with van der Waals surface area (Å²) in [6, 6.07) is 77.5. The molecule has 0 bridgehead atoms. The summed E-state index contributed by atoms with van der Waals surface area (Å²) in [5.74, 6) is 0. The molecule has 57 heavy (non-hydrogen) atoms. The number of benzene rings is 9. The Bertz CT molecular complexity index is 3130. The third kappa shape index (κ3) is 4.59. The van der Waals surface area contributed by atoms with E-state index in [9.17, 15) is 0 Å². The molecule has 2 nitrogen and oxygen atoms in total. The Hall–Kier alpha value is -7.42. The molecule has 0 N–H and O–H groups in total. The number of furan rings is 1. The van der Waals surface area contributed by atoms with Gasteiger partial charge in [0.05, 0.1) is 5.41 Å². The largest absolute Gasteiger partial charge is 0.455 e. The van der Waals surface area contributed by atoms with E-state index >= 15 is 0 Å². The SMILES string of the molecule is c1ccc(-c2cccc(N(c3ccc4c(c3)C3(c5ccccc5-c5ccccc53)c3ccccc3-4)c3cc(-c4ccccc4)c4oc5ccccc5c4c3)c2)cc1. The molecule has 0 saturated carbocycles. The number of hydrogen-bond donors (Lipinski definition) is 0. The number of nitrogens with zero attached hydrogens (tertiary/aromatic N) is 1. The Morgan fingerprint density at radius 1 is 0.316 bits per heavy atom. The van der Waals surface area contributed by atoms with Crippen LogP contribution in [0.5, 0.6) is 0 Å². The van der Waals surface area contributed by atoms with E-state index in [0.717, 1.165) is 50.1 Å². The molecule has 1 spiro atoms. The van der Waals surface area contributed by atoms with Crippen molar-refractivity contribution in [2.24, 2.45) is 0 Å². The number of hydrogen-bond acceptors (Lipinski definition) is 2. The number of para-hydroxylation sites is 1. The second-order valence-corrected chi connectivity index (χ2v) is 15.2. The zero-order valence-electron chi connectivity index (χ0n) is 31.1. The van der Waals surface area contributed by atoms with Gasteiger partial charge in [-0.15, -0.1) is 0 Å². The van der Waals surface area contributed by atoms with Gasteiger partial charge in [-0.05, 0) is 104 Å².